The Morgan fingerprint density at radius 2 is 1.65 bits per heavy atom. The van der Waals surface area contributed by atoms with E-state index in [1.807, 2.05) is 0 Å². The van der Waals surface area contributed by atoms with E-state index in [-0.39, 0.29) is 19.6 Å². The van der Waals surface area contributed by atoms with Crippen LogP contribution in [0.1, 0.15) is 25.7 Å². The fraction of sp³-hybridized carbons (Fsp3) is 0.900. The van der Waals surface area contributed by atoms with Gasteiger partial charge in [-0.3, -0.25) is 0 Å². The second-order valence-corrected chi connectivity index (χ2v) is 5.76. The van der Waals surface area contributed by atoms with Crippen molar-refractivity contribution in [3.8, 4) is 0 Å². The third-order valence-electron chi connectivity index (χ3n) is 1.49. The van der Waals surface area contributed by atoms with E-state index in [1.165, 1.54) is 0 Å². The van der Waals surface area contributed by atoms with Gasteiger partial charge in [-0.15, -0.1) is 0 Å². The van der Waals surface area contributed by atoms with Gasteiger partial charge in [0.25, 0.3) is 0 Å². The average molecular weight is 284 g/mol. The van der Waals surface area contributed by atoms with Crippen LogP contribution < -0.4 is 10.8 Å². The maximum Gasteiger partial charge on any atom is 0.0553 e. The summed E-state index contributed by atoms with van der Waals surface area (Å²) in [7, 11) is 3.26. The third kappa shape index (κ3) is 25.9. The molecule has 0 atom stereocenters. The van der Waals surface area contributed by atoms with E-state index in [9.17, 15) is 9.90 Å². The maximum absolute atomic E-state index is 10.0. The van der Waals surface area contributed by atoms with Gasteiger partial charge in [0, 0.05) is 30.6 Å². The Hall–Kier alpha value is 0.0500. The first-order valence-electron chi connectivity index (χ1n) is 5.55. The number of hydrogen-bond acceptors (Lipinski definition) is 7. The van der Waals surface area contributed by atoms with Crippen molar-refractivity contribution in [2.75, 3.05) is 31.3 Å². The highest BCUT2D eigenvalue weighted by molar-refractivity contribution is 8.76. The summed E-state index contributed by atoms with van der Waals surface area (Å²) in [6.45, 7) is 0.739. The van der Waals surface area contributed by atoms with Crippen LogP contribution in [-0.4, -0.2) is 47.4 Å². The third-order valence-corrected chi connectivity index (χ3v) is 3.98. The number of rotatable bonds is 10. The van der Waals surface area contributed by atoms with Crippen LogP contribution in [0.4, 0.5) is 0 Å². The predicted molar refractivity (Wildman–Crippen MR) is 71.6 cm³/mol. The molecule has 0 rings (SSSR count). The smallest absolute Gasteiger partial charge is 0.0553 e. The molecule has 0 spiro atoms. The molecule has 0 aliphatic heterocycles. The van der Waals surface area contributed by atoms with E-state index < -0.39 is 5.97 Å². The highest BCUT2D eigenvalue weighted by Crippen LogP contribution is 2.23. The number of aliphatic carboxylic acids is 1. The zero-order valence-corrected chi connectivity index (χ0v) is 11.6. The van der Waals surface area contributed by atoms with Gasteiger partial charge in [-0.05, 0) is 19.3 Å². The van der Waals surface area contributed by atoms with Gasteiger partial charge < -0.3 is 25.8 Å². The molecule has 4 N–H and O–H groups in total. The molecule has 17 heavy (non-hydrogen) atoms. The van der Waals surface area contributed by atoms with Crippen molar-refractivity contribution in [1.29, 1.82) is 0 Å². The van der Waals surface area contributed by atoms with Crippen LogP contribution in [0.25, 0.3) is 0 Å². The summed E-state index contributed by atoms with van der Waals surface area (Å²) < 4.78 is 0. The van der Waals surface area contributed by atoms with Crippen molar-refractivity contribution in [3.63, 3.8) is 0 Å². The van der Waals surface area contributed by atoms with E-state index >= 15 is 0 Å². The molecule has 0 bridgehead atoms. The molecule has 0 amide bonds. The minimum Gasteiger partial charge on any atom is -0.550 e. The summed E-state index contributed by atoms with van der Waals surface area (Å²) in [5.74, 6) is 0.665. The zero-order chi connectivity index (χ0) is 13.4. The van der Waals surface area contributed by atoms with Crippen LogP contribution in [0.2, 0.25) is 0 Å². The monoisotopic (exact) mass is 284 g/mol. The van der Waals surface area contributed by atoms with E-state index in [2.05, 4.69) is 0 Å². The molecule has 0 unspecified atom stereocenters. The Bertz CT molecular complexity index is 159. The topological polar surface area (TPSA) is 107 Å². The molecule has 0 aromatic carbocycles. The molecular weight excluding hydrogens is 262 g/mol. The van der Waals surface area contributed by atoms with Crippen LogP contribution in [-0.2, 0) is 4.79 Å². The van der Waals surface area contributed by atoms with Gasteiger partial charge in [-0.2, -0.15) is 0 Å². The first-order valence-corrected chi connectivity index (χ1v) is 8.03. The number of carboxylic acids is 1. The number of nitrogens with two attached hydrogens (primary N) is 1. The van der Waals surface area contributed by atoms with Crippen molar-refractivity contribution in [1.82, 2.24) is 0 Å². The molecule has 0 radical (unpaired) electrons. The molecule has 0 aromatic heterocycles. The SMILES string of the molecule is NCCO.O=C([O-])CCSSCCCCCO. The normalized spacial score (nSPS) is 9.59. The summed E-state index contributed by atoms with van der Waals surface area (Å²) >= 11 is 0. The van der Waals surface area contributed by atoms with Gasteiger partial charge in [0.15, 0.2) is 0 Å². The van der Waals surface area contributed by atoms with Crippen molar-refractivity contribution in [3.05, 3.63) is 0 Å². The summed E-state index contributed by atoms with van der Waals surface area (Å²) in [5.41, 5.74) is 4.78. The first-order chi connectivity index (χ1) is 8.18. The lowest BCUT2D eigenvalue weighted by molar-refractivity contribution is -0.305. The summed E-state index contributed by atoms with van der Waals surface area (Å²) in [6.07, 6.45) is 3.13. The summed E-state index contributed by atoms with van der Waals surface area (Å²) in [6, 6.07) is 0. The van der Waals surface area contributed by atoms with E-state index in [0.29, 0.717) is 12.3 Å². The van der Waals surface area contributed by atoms with Gasteiger partial charge >= 0.3 is 0 Å². The number of hydrogen-bond donors (Lipinski definition) is 3. The van der Waals surface area contributed by atoms with Gasteiger partial charge in [0.05, 0.1) is 6.61 Å². The summed E-state index contributed by atoms with van der Waals surface area (Å²) in [4.78, 5) is 10.0. The maximum atomic E-state index is 10.0. The lowest BCUT2D eigenvalue weighted by Crippen LogP contribution is -2.22. The lowest BCUT2D eigenvalue weighted by atomic mass is 10.3. The predicted octanol–water partition coefficient (Wildman–Crippen LogP) is -0.392. The van der Waals surface area contributed by atoms with Gasteiger partial charge in [-0.1, -0.05) is 28.0 Å². The second kappa shape index (κ2) is 18.4. The molecule has 0 saturated carbocycles. The van der Waals surface area contributed by atoms with E-state index in [4.69, 9.17) is 15.9 Å². The Labute approximate surface area is 111 Å². The Kier molecular flexibility index (Phi) is 21.0. The van der Waals surface area contributed by atoms with Crippen LogP contribution >= 0.6 is 21.6 Å². The largest absolute Gasteiger partial charge is 0.550 e. The fourth-order valence-corrected chi connectivity index (χ4v) is 2.81. The van der Waals surface area contributed by atoms with Crippen molar-refractivity contribution >= 4 is 27.6 Å². The Morgan fingerprint density at radius 1 is 1.06 bits per heavy atom. The van der Waals surface area contributed by atoms with Gasteiger partial charge in [0.1, 0.15) is 0 Å². The van der Waals surface area contributed by atoms with E-state index in [0.717, 1.165) is 25.0 Å². The van der Waals surface area contributed by atoms with Crippen molar-refractivity contribution in [2.45, 2.75) is 25.7 Å². The lowest BCUT2D eigenvalue weighted by Gasteiger charge is -2.01. The highest BCUT2D eigenvalue weighted by Gasteiger charge is 1.92. The first kappa shape index (κ1) is 19.4. The molecular formula is C10H22NO4S2-. The van der Waals surface area contributed by atoms with Gasteiger partial charge in [0.2, 0.25) is 0 Å². The van der Waals surface area contributed by atoms with Crippen LogP contribution in [0.15, 0.2) is 0 Å². The molecule has 104 valence electrons. The Morgan fingerprint density at radius 3 is 2.12 bits per heavy atom. The fourth-order valence-electron chi connectivity index (χ4n) is 0.692. The molecule has 0 heterocycles. The van der Waals surface area contributed by atoms with Crippen molar-refractivity contribution in [2.24, 2.45) is 5.73 Å². The average Bonchev–Trinajstić information content (AvgIpc) is 2.32. The van der Waals surface area contributed by atoms with E-state index in [1.54, 1.807) is 21.6 Å². The molecule has 0 fully saturated rings. The quantitative estimate of drug-likeness (QED) is 0.370. The highest BCUT2D eigenvalue weighted by atomic mass is 33.1. The molecule has 0 aliphatic carbocycles. The van der Waals surface area contributed by atoms with Gasteiger partial charge in [-0.25, -0.2) is 0 Å². The second-order valence-electron chi connectivity index (χ2n) is 3.06. The molecule has 5 nitrogen and oxygen atoms in total. The molecule has 0 aliphatic rings. The van der Waals surface area contributed by atoms with Crippen molar-refractivity contribution < 1.29 is 20.1 Å². The number of unbranched alkanes of at least 4 members (excludes halogenated alkanes) is 2. The number of carbonyl (C=O) groups is 1. The Balaban J connectivity index is 0. The number of aliphatic hydroxyl groups excluding tert-OH is 2. The molecule has 0 saturated heterocycles. The number of aliphatic hydroxyl groups is 2. The van der Waals surface area contributed by atoms with Crippen LogP contribution in [0, 0.1) is 0 Å². The van der Waals surface area contributed by atoms with Crippen LogP contribution in [0.5, 0.6) is 0 Å². The molecule has 7 heteroatoms. The standard InChI is InChI=1S/C8H16O3S2.C2H7NO/c9-5-2-1-3-6-12-13-7-4-8(10)11;3-1-2-4/h9H,1-7H2,(H,10,11);4H,1-3H2/p-1. The van der Waals surface area contributed by atoms with Crippen LogP contribution in [0.3, 0.4) is 0 Å². The minimum absolute atomic E-state index is 0.0972. The number of carbonyl (C=O) groups excluding carboxylic acids is 1. The molecule has 0 aromatic rings. The number of carboxylic acid groups (broad SMARTS) is 1. The summed E-state index contributed by atoms with van der Waals surface area (Å²) in [5, 5.41) is 26.2. The zero-order valence-electron chi connectivity index (χ0n) is 9.97. The minimum atomic E-state index is -0.978.